The Bertz CT molecular complexity index is 687. The predicted molar refractivity (Wildman–Crippen MR) is 98.2 cm³/mol. The van der Waals surface area contributed by atoms with Crippen LogP contribution in [0.3, 0.4) is 0 Å². The van der Waals surface area contributed by atoms with Gasteiger partial charge in [-0.25, -0.2) is 19.9 Å². The normalized spacial score (nSPS) is 15.2. The summed E-state index contributed by atoms with van der Waals surface area (Å²) in [5.41, 5.74) is 1.10. The number of methoxy groups -OCH3 is 1. The summed E-state index contributed by atoms with van der Waals surface area (Å²) in [4.78, 5) is 21.9. The summed E-state index contributed by atoms with van der Waals surface area (Å²) in [7, 11) is 3.68. The molecule has 1 aliphatic rings. The maximum absolute atomic E-state index is 5.31. The molecule has 0 spiro atoms. The van der Waals surface area contributed by atoms with Crippen molar-refractivity contribution < 1.29 is 4.74 Å². The lowest BCUT2D eigenvalue weighted by molar-refractivity contribution is 0.386. The zero-order valence-corrected chi connectivity index (χ0v) is 15.2. The summed E-state index contributed by atoms with van der Waals surface area (Å²) >= 11 is 0. The van der Waals surface area contributed by atoms with Crippen molar-refractivity contribution in [3.63, 3.8) is 0 Å². The van der Waals surface area contributed by atoms with E-state index in [1.807, 2.05) is 0 Å². The lowest BCUT2D eigenvalue weighted by atomic mass is 9.96. The van der Waals surface area contributed by atoms with Gasteiger partial charge in [-0.05, 0) is 25.2 Å². The maximum Gasteiger partial charge on any atom is 0.257 e. The number of rotatable bonds is 6. The van der Waals surface area contributed by atoms with Gasteiger partial charge in [0.05, 0.1) is 7.11 Å². The number of hydrogen-bond donors (Lipinski definition) is 0. The molecule has 0 amide bonds. The minimum absolute atomic E-state index is 0.579. The monoisotopic (exact) mass is 342 g/mol. The summed E-state index contributed by atoms with van der Waals surface area (Å²) in [5, 5.41) is 0. The summed E-state index contributed by atoms with van der Waals surface area (Å²) < 4.78 is 5.31. The molecule has 2 aromatic heterocycles. The van der Waals surface area contributed by atoms with Crippen LogP contribution in [0.1, 0.15) is 25.5 Å². The van der Waals surface area contributed by atoms with E-state index in [0.29, 0.717) is 11.8 Å². The standard InChI is InChI=1S/C18H26N6O/c1-4-15-11-16(22-13-21-15)24-9-5-14(6-10-24)12-23(2)17-18(25-3)20-8-7-19-17/h7-8,11,13-14H,4-6,9-10,12H2,1-3H3. The number of aromatic nitrogens is 4. The van der Waals surface area contributed by atoms with E-state index in [1.54, 1.807) is 25.8 Å². The van der Waals surface area contributed by atoms with Gasteiger partial charge in [0.25, 0.3) is 5.88 Å². The molecule has 0 aromatic carbocycles. The summed E-state index contributed by atoms with van der Waals surface area (Å²) in [6.07, 6.45) is 8.25. The fraction of sp³-hybridized carbons (Fsp3) is 0.556. The Labute approximate surface area is 149 Å². The molecule has 1 aliphatic heterocycles. The van der Waals surface area contributed by atoms with E-state index in [0.717, 1.165) is 56.2 Å². The largest absolute Gasteiger partial charge is 0.478 e. The van der Waals surface area contributed by atoms with Crippen LogP contribution in [0.25, 0.3) is 0 Å². The average molecular weight is 342 g/mol. The van der Waals surface area contributed by atoms with Crippen molar-refractivity contribution in [1.82, 2.24) is 19.9 Å². The van der Waals surface area contributed by atoms with E-state index in [1.165, 1.54) is 0 Å². The van der Waals surface area contributed by atoms with Crippen molar-refractivity contribution >= 4 is 11.6 Å². The van der Waals surface area contributed by atoms with Crippen molar-refractivity contribution in [2.24, 2.45) is 5.92 Å². The first-order chi connectivity index (χ1) is 12.2. The van der Waals surface area contributed by atoms with Crippen molar-refractivity contribution in [2.75, 3.05) is 43.6 Å². The topological polar surface area (TPSA) is 67.3 Å². The van der Waals surface area contributed by atoms with Crippen molar-refractivity contribution in [3.05, 3.63) is 30.5 Å². The zero-order valence-electron chi connectivity index (χ0n) is 15.2. The van der Waals surface area contributed by atoms with E-state index < -0.39 is 0 Å². The van der Waals surface area contributed by atoms with Crippen LogP contribution in [-0.2, 0) is 6.42 Å². The summed E-state index contributed by atoms with van der Waals surface area (Å²) in [5.74, 6) is 3.06. The van der Waals surface area contributed by atoms with Crippen LogP contribution < -0.4 is 14.5 Å². The van der Waals surface area contributed by atoms with E-state index in [2.05, 4.69) is 49.8 Å². The van der Waals surface area contributed by atoms with Crippen LogP contribution in [0, 0.1) is 5.92 Å². The lowest BCUT2D eigenvalue weighted by Gasteiger charge is -2.34. The van der Waals surface area contributed by atoms with Crippen LogP contribution in [0.4, 0.5) is 11.6 Å². The quantitative estimate of drug-likeness (QED) is 0.797. The highest BCUT2D eigenvalue weighted by Gasteiger charge is 2.23. The smallest absolute Gasteiger partial charge is 0.257 e. The highest BCUT2D eigenvalue weighted by Crippen LogP contribution is 2.26. The van der Waals surface area contributed by atoms with Gasteiger partial charge in [0.1, 0.15) is 12.1 Å². The number of piperidine rings is 1. The molecule has 7 heteroatoms. The highest BCUT2D eigenvalue weighted by atomic mass is 16.5. The van der Waals surface area contributed by atoms with Crippen LogP contribution >= 0.6 is 0 Å². The number of nitrogens with zero attached hydrogens (tertiary/aromatic N) is 6. The van der Waals surface area contributed by atoms with E-state index >= 15 is 0 Å². The molecule has 7 nitrogen and oxygen atoms in total. The molecule has 134 valence electrons. The molecule has 1 fully saturated rings. The van der Waals surface area contributed by atoms with Crippen LogP contribution in [0.5, 0.6) is 5.88 Å². The van der Waals surface area contributed by atoms with Crippen LogP contribution in [0.2, 0.25) is 0 Å². The second-order valence-corrected chi connectivity index (χ2v) is 6.42. The van der Waals surface area contributed by atoms with Crippen molar-refractivity contribution in [3.8, 4) is 5.88 Å². The summed E-state index contributed by atoms with van der Waals surface area (Å²) in [6.45, 7) is 5.12. The number of aryl methyl sites for hydroxylation is 1. The third-order valence-electron chi connectivity index (χ3n) is 4.74. The van der Waals surface area contributed by atoms with E-state index in [4.69, 9.17) is 4.74 Å². The average Bonchev–Trinajstić information content (AvgIpc) is 2.68. The van der Waals surface area contributed by atoms with Gasteiger partial charge in [-0.15, -0.1) is 0 Å². The molecule has 25 heavy (non-hydrogen) atoms. The molecule has 0 radical (unpaired) electrons. The molecule has 3 heterocycles. The number of ether oxygens (including phenoxy) is 1. The Morgan fingerprint density at radius 3 is 2.64 bits per heavy atom. The fourth-order valence-corrected chi connectivity index (χ4v) is 3.29. The first kappa shape index (κ1) is 17.4. The minimum Gasteiger partial charge on any atom is -0.478 e. The molecule has 3 rings (SSSR count). The Balaban J connectivity index is 1.57. The first-order valence-electron chi connectivity index (χ1n) is 8.83. The van der Waals surface area contributed by atoms with Gasteiger partial charge >= 0.3 is 0 Å². The van der Waals surface area contributed by atoms with Crippen LogP contribution in [-0.4, -0.2) is 53.7 Å². The second kappa shape index (κ2) is 8.09. The van der Waals surface area contributed by atoms with Crippen molar-refractivity contribution in [1.29, 1.82) is 0 Å². The number of hydrogen-bond acceptors (Lipinski definition) is 7. The third kappa shape index (κ3) is 4.15. The van der Waals surface area contributed by atoms with Gasteiger partial charge in [-0.3, -0.25) is 0 Å². The van der Waals surface area contributed by atoms with Gasteiger partial charge in [0, 0.05) is 50.8 Å². The molecular formula is C18H26N6O. The van der Waals surface area contributed by atoms with Gasteiger partial charge in [0.2, 0.25) is 0 Å². The second-order valence-electron chi connectivity index (χ2n) is 6.42. The molecule has 0 atom stereocenters. The molecule has 0 saturated carbocycles. The SMILES string of the molecule is CCc1cc(N2CCC(CN(C)c3nccnc3OC)CC2)ncn1. The Kier molecular flexibility index (Phi) is 5.63. The third-order valence-corrected chi connectivity index (χ3v) is 4.74. The van der Waals surface area contributed by atoms with E-state index in [9.17, 15) is 0 Å². The number of anilines is 2. The highest BCUT2D eigenvalue weighted by molar-refractivity contribution is 5.47. The molecule has 0 unspecified atom stereocenters. The van der Waals surface area contributed by atoms with Gasteiger partial charge in [-0.2, -0.15) is 0 Å². The molecule has 0 N–H and O–H groups in total. The van der Waals surface area contributed by atoms with Gasteiger partial charge in [-0.1, -0.05) is 6.92 Å². The van der Waals surface area contributed by atoms with Gasteiger partial charge < -0.3 is 14.5 Å². The lowest BCUT2D eigenvalue weighted by Crippen LogP contribution is -2.38. The molecule has 0 bridgehead atoms. The molecule has 2 aromatic rings. The summed E-state index contributed by atoms with van der Waals surface area (Å²) in [6, 6.07) is 2.11. The Morgan fingerprint density at radius 2 is 1.92 bits per heavy atom. The van der Waals surface area contributed by atoms with Crippen LogP contribution in [0.15, 0.2) is 24.8 Å². The predicted octanol–water partition coefficient (Wildman–Crippen LogP) is 2.19. The molecule has 1 saturated heterocycles. The fourth-order valence-electron chi connectivity index (χ4n) is 3.29. The Morgan fingerprint density at radius 1 is 1.16 bits per heavy atom. The van der Waals surface area contributed by atoms with E-state index in [-0.39, 0.29) is 0 Å². The Hall–Kier alpha value is -2.44. The first-order valence-corrected chi connectivity index (χ1v) is 8.83. The van der Waals surface area contributed by atoms with Crippen molar-refractivity contribution in [2.45, 2.75) is 26.2 Å². The zero-order chi connectivity index (χ0) is 17.6. The molecular weight excluding hydrogens is 316 g/mol. The maximum atomic E-state index is 5.31. The van der Waals surface area contributed by atoms with Gasteiger partial charge in [0.15, 0.2) is 5.82 Å². The molecule has 0 aliphatic carbocycles. The minimum atomic E-state index is 0.579.